The zero-order valence-corrected chi connectivity index (χ0v) is 11.7. The van der Waals surface area contributed by atoms with Crippen LogP contribution in [0.25, 0.3) is 11.2 Å². The number of aromatic nitrogens is 3. The first-order valence-corrected chi connectivity index (χ1v) is 6.85. The van der Waals surface area contributed by atoms with Crippen LogP contribution in [-0.2, 0) is 6.54 Å². The Morgan fingerprint density at radius 1 is 1.10 bits per heavy atom. The lowest BCUT2D eigenvalue weighted by molar-refractivity contribution is 0.613. The van der Waals surface area contributed by atoms with Gasteiger partial charge < -0.3 is 9.88 Å². The van der Waals surface area contributed by atoms with Crippen molar-refractivity contribution in [2.24, 2.45) is 0 Å². The second-order valence-corrected chi connectivity index (χ2v) is 5.12. The lowest BCUT2D eigenvalue weighted by Crippen LogP contribution is -2.02. The minimum absolute atomic E-state index is 0.358. The van der Waals surface area contributed by atoms with Gasteiger partial charge in [-0.2, -0.15) is 0 Å². The molecular weight excluding hydrogens is 248 g/mol. The van der Waals surface area contributed by atoms with Crippen molar-refractivity contribution in [1.82, 2.24) is 14.5 Å². The molecular formula is C16H18N4. The Labute approximate surface area is 118 Å². The molecule has 4 nitrogen and oxygen atoms in total. The van der Waals surface area contributed by atoms with Gasteiger partial charge in [0.2, 0.25) is 0 Å². The van der Waals surface area contributed by atoms with Crippen LogP contribution in [0.3, 0.4) is 0 Å². The summed E-state index contributed by atoms with van der Waals surface area (Å²) in [6.45, 7) is 5.05. The van der Waals surface area contributed by atoms with Gasteiger partial charge >= 0.3 is 0 Å². The number of hydrogen-bond donors (Lipinski definition) is 1. The molecule has 0 saturated heterocycles. The number of rotatable bonds is 4. The maximum atomic E-state index is 4.49. The summed E-state index contributed by atoms with van der Waals surface area (Å²) in [6, 6.07) is 12.7. The summed E-state index contributed by atoms with van der Waals surface area (Å²) < 4.78 is 2.09. The molecule has 0 atom stereocenters. The molecule has 0 bridgehead atoms. The minimum Gasteiger partial charge on any atom is -0.379 e. The average molecular weight is 266 g/mol. The van der Waals surface area contributed by atoms with Crippen molar-refractivity contribution in [2.45, 2.75) is 26.4 Å². The monoisotopic (exact) mass is 266 g/mol. The fourth-order valence-corrected chi connectivity index (χ4v) is 2.25. The van der Waals surface area contributed by atoms with E-state index >= 15 is 0 Å². The zero-order chi connectivity index (χ0) is 13.9. The van der Waals surface area contributed by atoms with Gasteiger partial charge in [0.25, 0.3) is 0 Å². The molecule has 0 fully saturated rings. The van der Waals surface area contributed by atoms with Crippen LogP contribution >= 0.6 is 0 Å². The molecule has 3 rings (SSSR count). The lowest BCUT2D eigenvalue weighted by Gasteiger charge is -2.09. The third-order valence-electron chi connectivity index (χ3n) is 3.34. The Morgan fingerprint density at radius 2 is 1.90 bits per heavy atom. The van der Waals surface area contributed by atoms with Gasteiger partial charge in [-0.15, -0.1) is 0 Å². The van der Waals surface area contributed by atoms with Crippen LogP contribution in [0, 0.1) is 0 Å². The maximum absolute atomic E-state index is 4.49. The largest absolute Gasteiger partial charge is 0.379 e. The smallest absolute Gasteiger partial charge is 0.162 e. The fraction of sp³-hybridized carbons (Fsp3) is 0.250. The Bertz CT molecular complexity index is 701. The van der Waals surface area contributed by atoms with Crippen molar-refractivity contribution in [1.29, 1.82) is 0 Å². The van der Waals surface area contributed by atoms with Gasteiger partial charge in [0.15, 0.2) is 5.65 Å². The Hall–Kier alpha value is -2.36. The number of imidazole rings is 1. The first-order valence-electron chi connectivity index (χ1n) is 6.85. The molecule has 0 unspecified atom stereocenters. The quantitative estimate of drug-likeness (QED) is 0.784. The normalized spacial score (nSPS) is 11.2. The number of anilines is 1. The third kappa shape index (κ3) is 2.37. The molecule has 0 aliphatic heterocycles. The van der Waals surface area contributed by atoms with Crippen molar-refractivity contribution >= 4 is 16.9 Å². The first kappa shape index (κ1) is 12.7. The molecule has 0 aliphatic rings. The molecule has 2 aromatic heterocycles. The SMILES string of the molecule is CC(C)n1cnc2c(NCc3ccccc3)ccnc21. The third-order valence-corrected chi connectivity index (χ3v) is 3.34. The molecule has 0 amide bonds. The summed E-state index contributed by atoms with van der Waals surface area (Å²) in [7, 11) is 0. The second kappa shape index (κ2) is 5.33. The summed E-state index contributed by atoms with van der Waals surface area (Å²) in [4.78, 5) is 8.93. The van der Waals surface area contributed by atoms with E-state index in [1.165, 1.54) is 5.56 Å². The van der Waals surface area contributed by atoms with Crippen molar-refractivity contribution in [2.75, 3.05) is 5.32 Å². The molecule has 2 heterocycles. The number of fused-ring (bicyclic) bond motifs is 1. The number of pyridine rings is 1. The summed E-state index contributed by atoms with van der Waals surface area (Å²) in [6.07, 6.45) is 3.69. The molecule has 0 saturated carbocycles. The van der Waals surface area contributed by atoms with E-state index in [4.69, 9.17) is 0 Å². The number of nitrogens with one attached hydrogen (secondary N) is 1. The number of benzene rings is 1. The highest BCUT2D eigenvalue weighted by Gasteiger charge is 2.10. The van der Waals surface area contributed by atoms with Gasteiger partial charge in [0.05, 0.1) is 12.0 Å². The van der Waals surface area contributed by atoms with Crippen LogP contribution in [0.1, 0.15) is 25.5 Å². The Balaban J connectivity index is 1.89. The van der Waals surface area contributed by atoms with E-state index < -0.39 is 0 Å². The molecule has 1 N–H and O–H groups in total. The van der Waals surface area contributed by atoms with Gasteiger partial charge in [-0.1, -0.05) is 30.3 Å². The van der Waals surface area contributed by atoms with Gasteiger partial charge in [-0.05, 0) is 25.5 Å². The van der Waals surface area contributed by atoms with E-state index in [1.54, 1.807) is 0 Å². The van der Waals surface area contributed by atoms with E-state index in [2.05, 4.69) is 45.8 Å². The van der Waals surface area contributed by atoms with E-state index in [1.807, 2.05) is 36.8 Å². The summed E-state index contributed by atoms with van der Waals surface area (Å²) in [5.74, 6) is 0. The van der Waals surface area contributed by atoms with Gasteiger partial charge in [-0.25, -0.2) is 9.97 Å². The molecule has 0 spiro atoms. The van der Waals surface area contributed by atoms with Gasteiger partial charge in [0.1, 0.15) is 5.52 Å². The Morgan fingerprint density at radius 3 is 2.65 bits per heavy atom. The Kier molecular flexibility index (Phi) is 3.37. The van der Waals surface area contributed by atoms with E-state index in [0.29, 0.717) is 6.04 Å². The molecule has 102 valence electrons. The molecule has 20 heavy (non-hydrogen) atoms. The highest BCUT2D eigenvalue weighted by Crippen LogP contribution is 2.22. The predicted molar refractivity (Wildman–Crippen MR) is 81.7 cm³/mol. The highest BCUT2D eigenvalue weighted by molar-refractivity contribution is 5.85. The molecule has 0 aliphatic carbocycles. The molecule has 3 aromatic rings. The predicted octanol–water partition coefficient (Wildman–Crippen LogP) is 3.62. The second-order valence-electron chi connectivity index (χ2n) is 5.12. The van der Waals surface area contributed by atoms with Crippen molar-refractivity contribution in [3.63, 3.8) is 0 Å². The van der Waals surface area contributed by atoms with E-state index in [-0.39, 0.29) is 0 Å². The maximum Gasteiger partial charge on any atom is 0.162 e. The van der Waals surface area contributed by atoms with E-state index in [0.717, 1.165) is 23.4 Å². The zero-order valence-electron chi connectivity index (χ0n) is 11.7. The summed E-state index contributed by atoms with van der Waals surface area (Å²) >= 11 is 0. The van der Waals surface area contributed by atoms with Gasteiger partial charge in [-0.3, -0.25) is 0 Å². The number of nitrogens with zero attached hydrogens (tertiary/aromatic N) is 3. The molecule has 0 radical (unpaired) electrons. The van der Waals surface area contributed by atoms with Crippen LogP contribution in [-0.4, -0.2) is 14.5 Å². The molecule has 1 aromatic carbocycles. The molecule has 4 heteroatoms. The van der Waals surface area contributed by atoms with Crippen LogP contribution in [0.5, 0.6) is 0 Å². The van der Waals surface area contributed by atoms with Crippen LogP contribution in [0.15, 0.2) is 48.9 Å². The average Bonchev–Trinajstić information content (AvgIpc) is 2.91. The lowest BCUT2D eigenvalue weighted by atomic mass is 10.2. The fourth-order valence-electron chi connectivity index (χ4n) is 2.25. The van der Waals surface area contributed by atoms with Crippen LogP contribution < -0.4 is 5.32 Å². The topological polar surface area (TPSA) is 42.7 Å². The van der Waals surface area contributed by atoms with Crippen LogP contribution in [0.2, 0.25) is 0 Å². The highest BCUT2D eigenvalue weighted by atomic mass is 15.1. The summed E-state index contributed by atoms with van der Waals surface area (Å²) in [5, 5.41) is 3.44. The van der Waals surface area contributed by atoms with Crippen molar-refractivity contribution in [3.8, 4) is 0 Å². The van der Waals surface area contributed by atoms with Crippen LogP contribution in [0.4, 0.5) is 5.69 Å². The minimum atomic E-state index is 0.358. The van der Waals surface area contributed by atoms with Crippen molar-refractivity contribution in [3.05, 3.63) is 54.5 Å². The van der Waals surface area contributed by atoms with E-state index in [9.17, 15) is 0 Å². The van der Waals surface area contributed by atoms with Crippen molar-refractivity contribution < 1.29 is 0 Å². The van der Waals surface area contributed by atoms with Gasteiger partial charge in [0, 0.05) is 18.8 Å². The first-order chi connectivity index (χ1) is 9.75. The standard InChI is InChI=1S/C16H18N4/c1-12(2)20-11-19-15-14(8-9-17-16(15)20)18-10-13-6-4-3-5-7-13/h3-9,11-12H,10H2,1-2H3,(H,17,18). The summed E-state index contributed by atoms with van der Waals surface area (Å²) in [5.41, 5.74) is 4.13. The number of hydrogen-bond acceptors (Lipinski definition) is 3.